The summed E-state index contributed by atoms with van der Waals surface area (Å²) in [5, 5.41) is 0. The van der Waals surface area contributed by atoms with Gasteiger partial charge in [-0.15, -0.1) is 0 Å². The van der Waals surface area contributed by atoms with Gasteiger partial charge >= 0.3 is 8.60 Å². The first-order valence-corrected chi connectivity index (χ1v) is 4.41. The maximum atomic E-state index is 7.23. The lowest BCUT2D eigenvalue weighted by atomic mass is 10.2. The van der Waals surface area contributed by atoms with Crippen molar-refractivity contribution in [3.63, 3.8) is 0 Å². The van der Waals surface area contributed by atoms with Gasteiger partial charge in [0.05, 0.1) is 0 Å². The minimum Gasteiger partial charge on any atom is -0.328 e. The summed E-state index contributed by atoms with van der Waals surface area (Å²) >= 11 is 0. The Morgan fingerprint density at radius 1 is 1.08 bits per heavy atom. The molecule has 4 heteroatoms. The summed E-state index contributed by atoms with van der Waals surface area (Å²) in [4.78, 5) is 21.7. The Hall–Kier alpha value is -0.730. The third kappa shape index (κ3) is 7.38. The highest BCUT2D eigenvalue weighted by Crippen LogP contribution is 2.11. The maximum absolute atomic E-state index is 7.23. The normalized spacial score (nSPS) is 8.67. The first-order chi connectivity index (χ1) is 5.66. The number of hydrogen-bond acceptors (Lipinski definition) is 3. The minimum absolute atomic E-state index is 1.17. The van der Waals surface area contributed by atoms with Crippen molar-refractivity contribution in [2.45, 2.75) is 0 Å². The van der Waals surface area contributed by atoms with Gasteiger partial charge in [0, 0.05) is 0 Å². The van der Waals surface area contributed by atoms with Gasteiger partial charge in [0.15, 0.2) is 0 Å². The molecule has 66 valence electrons. The Bertz CT molecular complexity index is 208. The van der Waals surface area contributed by atoms with Gasteiger partial charge in [0.2, 0.25) is 0 Å². The van der Waals surface area contributed by atoms with Crippen LogP contribution in [-0.2, 0) is 0 Å². The predicted octanol–water partition coefficient (Wildman–Crippen LogP) is 1.52. The minimum atomic E-state index is -2.62. The molecule has 3 nitrogen and oxygen atoms in total. The van der Waals surface area contributed by atoms with Crippen molar-refractivity contribution in [2.75, 3.05) is 0 Å². The summed E-state index contributed by atoms with van der Waals surface area (Å²) in [7, 11) is -2.62. The van der Waals surface area contributed by atoms with Crippen molar-refractivity contribution < 1.29 is 14.7 Å². The molecule has 3 N–H and O–H groups in total. The highest BCUT2D eigenvalue weighted by atomic mass is 31.2. The van der Waals surface area contributed by atoms with Crippen LogP contribution in [0.15, 0.2) is 36.9 Å². The molecule has 0 saturated carbocycles. The smallest absolute Gasteiger partial charge is 0.324 e. The van der Waals surface area contributed by atoms with Crippen LogP contribution in [-0.4, -0.2) is 14.7 Å². The van der Waals surface area contributed by atoms with Crippen LogP contribution in [0.5, 0.6) is 0 Å². The zero-order valence-corrected chi connectivity index (χ0v) is 7.35. The number of benzene rings is 1. The van der Waals surface area contributed by atoms with Gasteiger partial charge in [-0.05, 0) is 5.56 Å². The molecule has 0 heterocycles. The van der Waals surface area contributed by atoms with E-state index in [9.17, 15) is 0 Å². The molecular formula is C8H11O3P. The molecule has 0 atom stereocenters. The fourth-order valence-electron chi connectivity index (χ4n) is 0.589. The second-order valence-electron chi connectivity index (χ2n) is 1.88. The fourth-order valence-corrected chi connectivity index (χ4v) is 0.589. The van der Waals surface area contributed by atoms with E-state index in [1.807, 2.05) is 36.4 Å². The van der Waals surface area contributed by atoms with E-state index in [4.69, 9.17) is 14.7 Å². The summed E-state index contributed by atoms with van der Waals surface area (Å²) in [5.74, 6) is 0. The van der Waals surface area contributed by atoms with Crippen LogP contribution < -0.4 is 0 Å². The van der Waals surface area contributed by atoms with Crippen LogP contribution in [0.4, 0.5) is 0 Å². The highest BCUT2D eigenvalue weighted by Gasteiger charge is 1.76. The zero-order chi connectivity index (χ0) is 9.40. The second kappa shape index (κ2) is 6.95. The highest BCUT2D eigenvalue weighted by molar-refractivity contribution is 7.38. The average molecular weight is 186 g/mol. The van der Waals surface area contributed by atoms with Crippen molar-refractivity contribution in [2.24, 2.45) is 0 Å². The van der Waals surface area contributed by atoms with Crippen LogP contribution in [0.3, 0.4) is 0 Å². The van der Waals surface area contributed by atoms with Gasteiger partial charge in [0.25, 0.3) is 0 Å². The van der Waals surface area contributed by atoms with E-state index >= 15 is 0 Å². The number of rotatable bonds is 1. The van der Waals surface area contributed by atoms with E-state index in [2.05, 4.69) is 6.58 Å². The third-order valence-corrected chi connectivity index (χ3v) is 1.04. The SMILES string of the molecule is C=Cc1ccccc1.OP(O)O. The lowest BCUT2D eigenvalue weighted by molar-refractivity contribution is 0.368. The summed E-state index contributed by atoms with van der Waals surface area (Å²) in [6.07, 6.45) is 1.83. The Balaban J connectivity index is 0.000000261. The van der Waals surface area contributed by atoms with Crippen molar-refractivity contribution in [3.05, 3.63) is 42.5 Å². The third-order valence-electron chi connectivity index (χ3n) is 1.04. The predicted molar refractivity (Wildman–Crippen MR) is 50.1 cm³/mol. The molecule has 0 saturated heterocycles. The van der Waals surface area contributed by atoms with Crippen LogP contribution in [0.1, 0.15) is 5.56 Å². The van der Waals surface area contributed by atoms with Crippen LogP contribution in [0, 0.1) is 0 Å². The standard InChI is InChI=1S/C8H8.H3O3P/c1-2-8-6-4-3-5-7-8;1-4(2)3/h2-7H,1H2;1-3H. The molecule has 0 fully saturated rings. The van der Waals surface area contributed by atoms with Gasteiger partial charge < -0.3 is 14.7 Å². The Labute approximate surface area is 72.6 Å². The maximum Gasteiger partial charge on any atom is 0.324 e. The van der Waals surface area contributed by atoms with Gasteiger partial charge in [-0.3, -0.25) is 0 Å². The molecule has 1 aromatic rings. The largest absolute Gasteiger partial charge is 0.328 e. The molecule has 0 aromatic heterocycles. The molecule has 1 rings (SSSR count). The second-order valence-corrected chi connectivity index (χ2v) is 2.42. The topological polar surface area (TPSA) is 60.7 Å². The Morgan fingerprint density at radius 3 is 1.75 bits per heavy atom. The van der Waals surface area contributed by atoms with Crippen LogP contribution in [0.2, 0.25) is 0 Å². The van der Waals surface area contributed by atoms with Crippen molar-refractivity contribution in [1.82, 2.24) is 0 Å². The molecule has 0 aliphatic rings. The summed E-state index contributed by atoms with van der Waals surface area (Å²) in [5.41, 5.74) is 1.17. The Kier molecular flexibility index (Phi) is 6.53. The van der Waals surface area contributed by atoms with Crippen molar-refractivity contribution >= 4 is 14.7 Å². The van der Waals surface area contributed by atoms with E-state index in [1.54, 1.807) is 0 Å². The molecule has 0 bridgehead atoms. The van der Waals surface area contributed by atoms with E-state index in [1.165, 1.54) is 5.56 Å². The lowest BCUT2D eigenvalue weighted by Gasteiger charge is -1.85. The lowest BCUT2D eigenvalue weighted by Crippen LogP contribution is -1.63. The molecule has 0 unspecified atom stereocenters. The van der Waals surface area contributed by atoms with Crippen LogP contribution in [0.25, 0.3) is 6.08 Å². The number of hydrogen-bond donors (Lipinski definition) is 3. The average Bonchev–Trinajstić information content (AvgIpc) is 2.05. The van der Waals surface area contributed by atoms with Gasteiger partial charge in [-0.1, -0.05) is 43.0 Å². The van der Waals surface area contributed by atoms with Crippen LogP contribution >= 0.6 is 8.60 Å². The fraction of sp³-hybridized carbons (Fsp3) is 0. The summed E-state index contributed by atoms with van der Waals surface area (Å²) in [6.45, 7) is 3.63. The summed E-state index contributed by atoms with van der Waals surface area (Å²) < 4.78 is 0. The molecule has 12 heavy (non-hydrogen) atoms. The molecular weight excluding hydrogens is 175 g/mol. The monoisotopic (exact) mass is 186 g/mol. The molecule has 0 amide bonds. The van der Waals surface area contributed by atoms with Crippen molar-refractivity contribution in [1.29, 1.82) is 0 Å². The first-order valence-electron chi connectivity index (χ1n) is 3.21. The van der Waals surface area contributed by atoms with Crippen molar-refractivity contribution in [3.8, 4) is 0 Å². The van der Waals surface area contributed by atoms with E-state index in [-0.39, 0.29) is 0 Å². The quantitative estimate of drug-likeness (QED) is 0.582. The zero-order valence-electron chi connectivity index (χ0n) is 6.46. The van der Waals surface area contributed by atoms with Gasteiger partial charge in [0.1, 0.15) is 0 Å². The van der Waals surface area contributed by atoms with E-state index in [0.717, 1.165) is 0 Å². The molecule has 0 aliphatic heterocycles. The molecule has 0 radical (unpaired) electrons. The first kappa shape index (κ1) is 11.3. The molecule has 1 aromatic carbocycles. The van der Waals surface area contributed by atoms with E-state index < -0.39 is 8.60 Å². The van der Waals surface area contributed by atoms with Gasteiger partial charge in [-0.25, -0.2) is 0 Å². The Morgan fingerprint density at radius 2 is 1.50 bits per heavy atom. The summed E-state index contributed by atoms with van der Waals surface area (Å²) in [6, 6.07) is 10.0. The molecule has 0 aliphatic carbocycles. The molecule has 0 spiro atoms. The van der Waals surface area contributed by atoms with Gasteiger partial charge in [-0.2, -0.15) is 0 Å². The van der Waals surface area contributed by atoms with E-state index in [0.29, 0.717) is 0 Å².